The van der Waals surface area contributed by atoms with Crippen molar-refractivity contribution >= 4 is 27.8 Å². The number of carbonyl (C=O) groups is 1. The number of thiophene rings is 1. The van der Waals surface area contributed by atoms with Crippen LogP contribution in [-0.2, 0) is 6.42 Å². The Bertz CT molecular complexity index is 659. The molecule has 4 heteroatoms. The van der Waals surface area contributed by atoms with Gasteiger partial charge in [0.25, 0.3) is 0 Å². The van der Waals surface area contributed by atoms with Crippen molar-refractivity contribution in [2.45, 2.75) is 26.2 Å². The number of carbonyl (C=O) groups excluding carboxylic acids is 1. The highest BCUT2D eigenvalue weighted by atomic mass is 32.1. The maximum Gasteiger partial charge on any atom is 0.178 e. The first-order valence-corrected chi connectivity index (χ1v) is 8.18. The van der Waals surface area contributed by atoms with Crippen molar-refractivity contribution in [1.82, 2.24) is 0 Å². The third-order valence-electron chi connectivity index (χ3n) is 3.73. The van der Waals surface area contributed by atoms with Gasteiger partial charge in [0.05, 0.1) is 15.6 Å². The molecule has 3 N–H and O–H groups in total. The molecular formula is C17H20N2OS. The van der Waals surface area contributed by atoms with Crippen LogP contribution in [0.4, 0.5) is 10.7 Å². The van der Waals surface area contributed by atoms with Crippen molar-refractivity contribution in [2.24, 2.45) is 5.92 Å². The van der Waals surface area contributed by atoms with E-state index in [9.17, 15) is 4.79 Å². The summed E-state index contributed by atoms with van der Waals surface area (Å²) in [6.45, 7) is 2.95. The van der Waals surface area contributed by atoms with Gasteiger partial charge in [-0.05, 0) is 37.8 Å². The van der Waals surface area contributed by atoms with Crippen LogP contribution in [0.15, 0.2) is 30.3 Å². The molecule has 1 aromatic heterocycles. The van der Waals surface area contributed by atoms with Gasteiger partial charge in [0.2, 0.25) is 0 Å². The number of hydrogen-bond acceptors (Lipinski definition) is 4. The number of Topliss-reactive ketones (excluding diaryl/α,β-unsaturated/α-hetero) is 1. The number of anilines is 2. The molecule has 1 aliphatic carbocycles. The number of hydrogen-bond donors (Lipinski definition) is 2. The molecule has 1 saturated carbocycles. The van der Waals surface area contributed by atoms with Crippen molar-refractivity contribution in [3.05, 3.63) is 46.3 Å². The zero-order valence-electron chi connectivity index (χ0n) is 12.2. The standard InChI is InChI=1S/C17H20N2OS/c1-11-3-2-4-12(9-11)7-8-19-15-10-14(18)17(21-15)16(20)13-5-6-13/h2-4,9-10,13,19H,5-8,18H2,1H3. The summed E-state index contributed by atoms with van der Waals surface area (Å²) in [4.78, 5) is 12.8. The Morgan fingerprint density at radius 2 is 2.19 bits per heavy atom. The van der Waals surface area contributed by atoms with E-state index in [2.05, 4.69) is 36.5 Å². The molecule has 21 heavy (non-hydrogen) atoms. The molecule has 1 heterocycles. The fourth-order valence-corrected chi connectivity index (χ4v) is 3.44. The summed E-state index contributed by atoms with van der Waals surface area (Å²) >= 11 is 1.49. The normalized spacial score (nSPS) is 14.1. The van der Waals surface area contributed by atoms with Gasteiger partial charge in [0.15, 0.2) is 5.78 Å². The van der Waals surface area contributed by atoms with E-state index >= 15 is 0 Å². The third-order valence-corrected chi connectivity index (χ3v) is 4.85. The Morgan fingerprint density at radius 1 is 1.38 bits per heavy atom. The first-order chi connectivity index (χ1) is 10.1. The molecule has 0 saturated heterocycles. The summed E-state index contributed by atoms with van der Waals surface area (Å²) in [5.41, 5.74) is 9.18. The highest BCUT2D eigenvalue weighted by Gasteiger charge is 2.32. The second-order valence-electron chi connectivity index (χ2n) is 5.70. The van der Waals surface area contributed by atoms with E-state index in [1.54, 1.807) is 0 Å². The number of rotatable bonds is 6. The lowest BCUT2D eigenvalue weighted by Gasteiger charge is -2.04. The highest BCUT2D eigenvalue weighted by Crippen LogP contribution is 2.38. The molecule has 110 valence electrons. The third kappa shape index (κ3) is 3.45. The molecule has 0 aliphatic heterocycles. The Balaban J connectivity index is 1.58. The smallest absolute Gasteiger partial charge is 0.178 e. The van der Waals surface area contributed by atoms with Crippen LogP contribution in [-0.4, -0.2) is 12.3 Å². The topological polar surface area (TPSA) is 55.1 Å². The average Bonchev–Trinajstić information content (AvgIpc) is 3.23. The van der Waals surface area contributed by atoms with Crippen molar-refractivity contribution in [2.75, 3.05) is 17.6 Å². The van der Waals surface area contributed by atoms with Crippen molar-refractivity contribution in [3.8, 4) is 0 Å². The van der Waals surface area contributed by atoms with Crippen LogP contribution in [0.1, 0.15) is 33.6 Å². The largest absolute Gasteiger partial charge is 0.397 e. The van der Waals surface area contributed by atoms with E-state index in [0.717, 1.165) is 35.7 Å². The predicted octanol–water partition coefficient (Wildman–Crippen LogP) is 3.89. The van der Waals surface area contributed by atoms with Gasteiger partial charge in [-0.2, -0.15) is 0 Å². The van der Waals surface area contributed by atoms with Gasteiger partial charge in [-0.3, -0.25) is 4.79 Å². The lowest BCUT2D eigenvalue weighted by molar-refractivity contribution is 0.0972. The number of nitrogens with two attached hydrogens (primary N) is 1. The van der Waals surface area contributed by atoms with Gasteiger partial charge < -0.3 is 11.1 Å². The minimum absolute atomic E-state index is 0.226. The van der Waals surface area contributed by atoms with Crippen LogP contribution in [0, 0.1) is 12.8 Å². The number of ketones is 1. The van der Waals surface area contributed by atoms with Crippen molar-refractivity contribution in [3.63, 3.8) is 0 Å². The summed E-state index contributed by atoms with van der Waals surface area (Å²) in [6, 6.07) is 10.4. The molecule has 1 aliphatic rings. The molecule has 1 fully saturated rings. The van der Waals surface area contributed by atoms with Gasteiger partial charge in [0.1, 0.15) is 0 Å². The summed E-state index contributed by atoms with van der Waals surface area (Å²) in [5, 5.41) is 4.36. The van der Waals surface area contributed by atoms with E-state index in [1.807, 2.05) is 6.07 Å². The van der Waals surface area contributed by atoms with Crippen LogP contribution in [0.25, 0.3) is 0 Å². The fourth-order valence-electron chi connectivity index (χ4n) is 2.41. The van der Waals surface area contributed by atoms with Crippen LogP contribution in [0.3, 0.4) is 0 Å². The number of aryl methyl sites for hydroxylation is 1. The Hall–Kier alpha value is -1.81. The molecule has 1 aromatic carbocycles. The predicted molar refractivity (Wildman–Crippen MR) is 89.2 cm³/mol. The van der Waals surface area contributed by atoms with Crippen LogP contribution < -0.4 is 11.1 Å². The second-order valence-corrected chi connectivity index (χ2v) is 6.75. The zero-order chi connectivity index (χ0) is 14.8. The average molecular weight is 300 g/mol. The van der Waals surface area contributed by atoms with Gasteiger partial charge in [-0.15, -0.1) is 11.3 Å². The molecule has 0 unspecified atom stereocenters. The first kappa shape index (κ1) is 14.1. The maximum atomic E-state index is 12.1. The van der Waals surface area contributed by atoms with E-state index in [1.165, 1.54) is 22.5 Å². The molecule has 3 nitrogen and oxygen atoms in total. The Morgan fingerprint density at radius 3 is 2.90 bits per heavy atom. The first-order valence-electron chi connectivity index (χ1n) is 7.36. The Labute approximate surface area is 129 Å². The van der Waals surface area contributed by atoms with E-state index in [0.29, 0.717) is 5.69 Å². The number of nitrogen functional groups attached to an aromatic ring is 1. The van der Waals surface area contributed by atoms with E-state index in [4.69, 9.17) is 5.73 Å². The summed E-state index contributed by atoms with van der Waals surface area (Å²) in [7, 11) is 0. The SMILES string of the molecule is Cc1cccc(CCNc2cc(N)c(C(=O)C3CC3)s2)c1. The molecule has 0 radical (unpaired) electrons. The zero-order valence-corrected chi connectivity index (χ0v) is 13.0. The van der Waals surface area contributed by atoms with E-state index < -0.39 is 0 Å². The van der Waals surface area contributed by atoms with Gasteiger partial charge >= 0.3 is 0 Å². The van der Waals surface area contributed by atoms with Gasteiger partial charge in [-0.25, -0.2) is 0 Å². The van der Waals surface area contributed by atoms with Gasteiger partial charge in [-0.1, -0.05) is 29.8 Å². The van der Waals surface area contributed by atoms with Crippen molar-refractivity contribution in [1.29, 1.82) is 0 Å². The molecule has 0 amide bonds. The minimum Gasteiger partial charge on any atom is -0.397 e. The minimum atomic E-state index is 0.226. The molecule has 0 atom stereocenters. The summed E-state index contributed by atoms with van der Waals surface area (Å²) in [5.74, 6) is 0.454. The van der Waals surface area contributed by atoms with Crippen LogP contribution in [0.2, 0.25) is 0 Å². The molecule has 0 spiro atoms. The highest BCUT2D eigenvalue weighted by molar-refractivity contribution is 7.18. The van der Waals surface area contributed by atoms with Crippen molar-refractivity contribution < 1.29 is 4.79 Å². The quantitative estimate of drug-likeness (QED) is 0.796. The monoisotopic (exact) mass is 300 g/mol. The molecule has 2 aromatic rings. The molecule has 0 bridgehead atoms. The number of nitrogens with one attached hydrogen (secondary N) is 1. The maximum absolute atomic E-state index is 12.1. The summed E-state index contributed by atoms with van der Waals surface area (Å²) in [6.07, 6.45) is 3.00. The Kier molecular flexibility index (Phi) is 3.97. The van der Waals surface area contributed by atoms with Crippen LogP contribution in [0.5, 0.6) is 0 Å². The van der Waals surface area contributed by atoms with Gasteiger partial charge in [0, 0.05) is 12.5 Å². The van der Waals surface area contributed by atoms with E-state index in [-0.39, 0.29) is 11.7 Å². The molecule has 3 rings (SSSR count). The van der Waals surface area contributed by atoms with Crippen LogP contribution >= 0.6 is 11.3 Å². The second kappa shape index (κ2) is 5.90. The summed E-state index contributed by atoms with van der Waals surface area (Å²) < 4.78 is 0. The fraction of sp³-hybridized carbons (Fsp3) is 0.353. The number of benzene rings is 1. The lowest BCUT2D eigenvalue weighted by atomic mass is 10.1. The lowest BCUT2D eigenvalue weighted by Crippen LogP contribution is -2.03. The molecular weight excluding hydrogens is 280 g/mol.